The number of rotatable bonds is 9. The molecule has 3 rings (SSSR count). The van der Waals surface area contributed by atoms with Gasteiger partial charge in [-0.2, -0.15) is 0 Å². The highest BCUT2D eigenvalue weighted by molar-refractivity contribution is 6.13. The van der Waals surface area contributed by atoms with Crippen LogP contribution in [0.2, 0.25) is 0 Å². The van der Waals surface area contributed by atoms with Gasteiger partial charge in [0.2, 0.25) is 0 Å². The number of esters is 1. The van der Waals surface area contributed by atoms with Crippen LogP contribution >= 0.6 is 0 Å². The molecule has 0 fully saturated rings. The van der Waals surface area contributed by atoms with Crippen molar-refractivity contribution in [2.75, 3.05) is 13.7 Å². The summed E-state index contributed by atoms with van der Waals surface area (Å²) in [6, 6.07) is 26.5. The third kappa shape index (κ3) is 5.48. The molecule has 3 aromatic carbocycles. The maximum absolute atomic E-state index is 13.0. The third-order valence-corrected chi connectivity index (χ3v) is 4.99. The van der Waals surface area contributed by atoms with Gasteiger partial charge in [-0.1, -0.05) is 78.9 Å². The lowest BCUT2D eigenvalue weighted by molar-refractivity contribution is -0.144. The zero-order valence-electron chi connectivity index (χ0n) is 17.9. The summed E-state index contributed by atoms with van der Waals surface area (Å²) >= 11 is 0. The Morgan fingerprint density at radius 2 is 1.48 bits per heavy atom. The van der Waals surface area contributed by atoms with E-state index in [1.807, 2.05) is 84.9 Å². The molecule has 0 spiro atoms. The average molecular weight is 414 g/mol. The van der Waals surface area contributed by atoms with Crippen molar-refractivity contribution in [1.29, 1.82) is 0 Å². The number of methoxy groups -OCH3 is 1. The van der Waals surface area contributed by atoms with Crippen LogP contribution in [0, 0.1) is 0 Å². The Kier molecular flexibility index (Phi) is 7.77. The van der Waals surface area contributed by atoms with E-state index in [1.165, 1.54) is 0 Å². The molecule has 0 bridgehead atoms. The van der Waals surface area contributed by atoms with Crippen molar-refractivity contribution >= 4 is 11.7 Å². The molecular formula is C27H27NO3. The summed E-state index contributed by atoms with van der Waals surface area (Å²) in [4.78, 5) is 18.0. The van der Waals surface area contributed by atoms with E-state index in [0.717, 1.165) is 28.2 Å². The Balaban J connectivity index is 2.13. The van der Waals surface area contributed by atoms with E-state index in [4.69, 9.17) is 14.5 Å². The van der Waals surface area contributed by atoms with E-state index in [-0.39, 0.29) is 18.5 Å². The van der Waals surface area contributed by atoms with Crippen LogP contribution in [0.15, 0.2) is 103 Å². The number of ether oxygens (including phenoxy) is 2. The van der Waals surface area contributed by atoms with Crippen LogP contribution in [0.25, 0.3) is 0 Å². The number of benzene rings is 3. The Hall–Kier alpha value is -3.66. The molecule has 0 saturated carbocycles. The fourth-order valence-corrected chi connectivity index (χ4v) is 3.43. The minimum absolute atomic E-state index is 0.281. The van der Waals surface area contributed by atoms with Crippen LogP contribution in [0.5, 0.6) is 5.75 Å². The standard InChI is InChI=1S/C27H27NO3/c1-4-24(20-16-18-23(30-3)19-17-20)26(27(29)31-5-2)28-25(21-12-8-6-9-13-21)22-14-10-7-11-15-22/h4,6-19,24,26H,1,5H2,2-3H3/t24-,26+/m1/s1. The minimum Gasteiger partial charge on any atom is -0.497 e. The molecule has 0 aliphatic carbocycles. The molecule has 0 amide bonds. The molecule has 0 aliphatic heterocycles. The first-order valence-corrected chi connectivity index (χ1v) is 10.3. The van der Waals surface area contributed by atoms with Crippen LogP contribution < -0.4 is 4.74 Å². The average Bonchev–Trinajstić information content (AvgIpc) is 2.83. The van der Waals surface area contributed by atoms with E-state index in [9.17, 15) is 4.79 Å². The van der Waals surface area contributed by atoms with Gasteiger partial charge in [0.1, 0.15) is 5.75 Å². The summed E-state index contributed by atoms with van der Waals surface area (Å²) in [5, 5.41) is 0. The van der Waals surface area contributed by atoms with E-state index < -0.39 is 6.04 Å². The van der Waals surface area contributed by atoms with Gasteiger partial charge in [0.25, 0.3) is 0 Å². The first-order chi connectivity index (χ1) is 15.2. The van der Waals surface area contributed by atoms with Crippen molar-refractivity contribution in [3.63, 3.8) is 0 Å². The minimum atomic E-state index is -0.777. The van der Waals surface area contributed by atoms with Crippen LogP contribution in [0.4, 0.5) is 0 Å². The van der Waals surface area contributed by atoms with E-state index >= 15 is 0 Å². The molecule has 4 heteroatoms. The maximum atomic E-state index is 13.0. The maximum Gasteiger partial charge on any atom is 0.331 e. The number of carbonyl (C=O) groups is 1. The smallest absolute Gasteiger partial charge is 0.331 e. The zero-order chi connectivity index (χ0) is 22.1. The van der Waals surface area contributed by atoms with Crippen LogP contribution in [-0.4, -0.2) is 31.4 Å². The zero-order valence-corrected chi connectivity index (χ0v) is 17.9. The normalized spacial score (nSPS) is 12.3. The topological polar surface area (TPSA) is 47.9 Å². The number of nitrogens with zero attached hydrogens (tertiary/aromatic N) is 1. The first-order valence-electron chi connectivity index (χ1n) is 10.3. The molecule has 0 unspecified atom stereocenters. The van der Waals surface area contributed by atoms with Gasteiger partial charge in [0.15, 0.2) is 6.04 Å². The number of carbonyl (C=O) groups excluding carboxylic acids is 1. The van der Waals surface area contributed by atoms with Crippen molar-refractivity contribution in [2.24, 2.45) is 4.99 Å². The van der Waals surface area contributed by atoms with Crippen LogP contribution in [0.1, 0.15) is 29.5 Å². The summed E-state index contributed by atoms with van der Waals surface area (Å²) < 4.78 is 10.7. The summed E-state index contributed by atoms with van der Waals surface area (Å²) in [5.41, 5.74) is 3.51. The highest BCUT2D eigenvalue weighted by Gasteiger charge is 2.29. The van der Waals surface area contributed by atoms with Crippen LogP contribution in [0.3, 0.4) is 0 Å². The van der Waals surface area contributed by atoms with Crippen molar-refractivity contribution in [2.45, 2.75) is 18.9 Å². The molecule has 0 heterocycles. The van der Waals surface area contributed by atoms with Crippen molar-refractivity contribution in [1.82, 2.24) is 0 Å². The predicted octanol–water partition coefficient (Wildman–Crippen LogP) is 5.43. The number of hydrogen-bond donors (Lipinski definition) is 0. The summed E-state index contributed by atoms with van der Waals surface area (Å²) in [6.45, 7) is 6.06. The predicted molar refractivity (Wildman–Crippen MR) is 125 cm³/mol. The van der Waals surface area contributed by atoms with E-state index in [0.29, 0.717) is 0 Å². The van der Waals surface area contributed by atoms with E-state index in [2.05, 4.69) is 6.58 Å². The van der Waals surface area contributed by atoms with Crippen LogP contribution in [-0.2, 0) is 9.53 Å². The Morgan fingerprint density at radius 1 is 0.935 bits per heavy atom. The second-order valence-corrected chi connectivity index (χ2v) is 6.94. The molecule has 0 aliphatic rings. The molecule has 0 saturated heterocycles. The third-order valence-electron chi connectivity index (χ3n) is 4.99. The molecule has 0 aromatic heterocycles. The summed E-state index contributed by atoms with van der Waals surface area (Å²) in [6.07, 6.45) is 1.75. The second kappa shape index (κ2) is 10.9. The van der Waals surface area contributed by atoms with E-state index in [1.54, 1.807) is 20.1 Å². The quantitative estimate of drug-likeness (QED) is 0.267. The highest BCUT2D eigenvalue weighted by atomic mass is 16.5. The monoisotopic (exact) mass is 413 g/mol. The van der Waals surface area contributed by atoms with Crippen molar-refractivity contribution in [3.8, 4) is 5.75 Å². The van der Waals surface area contributed by atoms with Gasteiger partial charge in [0, 0.05) is 17.0 Å². The molecule has 2 atom stereocenters. The molecular weight excluding hydrogens is 386 g/mol. The van der Waals surface area contributed by atoms with Gasteiger partial charge in [-0.15, -0.1) is 6.58 Å². The Morgan fingerprint density at radius 3 is 1.94 bits per heavy atom. The molecule has 31 heavy (non-hydrogen) atoms. The molecule has 3 aromatic rings. The van der Waals surface area contributed by atoms with Gasteiger partial charge in [0.05, 0.1) is 19.4 Å². The van der Waals surface area contributed by atoms with Crippen molar-refractivity contribution < 1.29 is 14.3 Å². The summed E-state index contributed by atoms with van der Waals surface area (Å²) in [5.74, 6) is 0.0111. The van der Waals surface area contributed by atoms with Gasteiger partial charge in [-0.05, 0) is 24.6 Å². The lowest BCUT2D eigenvalue weighted by Crippen LogP contribution is -2.29. The first kappa shape index (κ1) is 22.0. The van der Waals surface area contributed by atoms with Gasteiger partial charge in [-0.3, -0.25) is 4.99 Å². The molecule has 0 N–H and O–H groups in total. The van der Waals surface area contributed by atoms with Gasteiger partial charge in [-0.25, -0.2) is 4.79 Å². The Bertz CT molecular complexity index is 970. The van der Waals surface area contributed by atoms with Gasteiger partial charge >= 0.3 is 5.97 Å². The van der Waals surface area contributed by atoms with Gasteiger partial charge < -0.3 is 9.47 Å². The lowest BCUT2D eigenvalue weighted by Gasteiger charge is -2.22. The molecule has 158 valence electrons. The number of aliphatic imine (C=N–C) groups is 1. The molecule has 0 radical (unpaired) electrons. The SMILES string of the molecule is C=C[C@H](c1ccc(OC)cc1)[C@H](N=C(c1ccccc1)c1ccccc1)C(=O)OCC. The number of hydrogen-bond acceptors (Lipinski definition) is 4. The second-order valence-electron chi connectivity index (χ2n) is 6.94. The highest BCUT2D eigenvalue weighted by Crippen LogP contribution is 2.28. The fourth-order valence-electron chi connectivity index (χ4n) is 3.43. The fraction of sp³-hybridized carbons (Fsp3) is 0.185. The largest absolute Gasteiger partial charge is 0.497 e. The summed E-state index contributed by atoms with van der Waals surface area (Å²) in [7, 11) is 1.62. The molecule has 4 nitrogen and oxygen atoms in total. The van der Waals surface area contributed by atoms with Crippen molar-refractivity contribution in [3.05, 3.63) is 114 Å². The lowest BCUT2D eigenvalue weighted by atomic mass is 9.91. The Labute approximate surface area is 183 Å².